The lowest BCUT2D eigenvalue weighted by molar-refractivity contribution is -0.671. The number of fused-ring (bicyclic) bond motifs is 5. The third-order valence-corrected chi connectivity index (χ3v) is 8.43. The molecule has 3 aliphatic carbocycles. The van der Waals surface area contributed by atoms with E-state index in [2.05, 4.69) is 37.1 Å². The van der Waals surface area contributed by atoms with Gasteiger partial charge in [0.15, 0.2) is 18.0 Å². The number of hydrogen-bond acceptors (Lipinski definition) is 2. The molecule has 0 unspecified atom stereocenters. The maximum Gasteiger partial charge on any atom is 0.345 e. The molecule has 1 aromatic carbocycles. The fourth-order valence-corrected chi connectivity index (χ4v) is 6.88. The van der Waals surface area contributed by atoms with Gasteiger partial charge in [-0.25, -0.2) is 9.36 Å². The average Bonchev–Trinajstić information content (AvgIpc) is 3.06. The van der Waals surface area contributed by atoms with Crippen molar-refractivity contribution in [2.45, 2.75) is 57.0 Å². The van der Waals surface area contributed by atoms with E-state index < -0.39 is 5.60 Å². The van der Waals surface area contributed by atoms with Gasteiger partial charge in [-0.2, -0.15) is 0 Å². The Morgan fingerprint density at radius 3 is 2.80 bits per heavy atom. The molecule has 5 atom stereocenters. The van der Waals surface area contributed by atoms with Gasteiger partial charge in [-0.1, -0.05) is 37.1 Å². The summed E-state index contributed by atoms with van der Waals surface area (Å²) >= 11 is 0. The van der Waals surface area contributed by atoms with Crippen molar-refractivity contribution in [2.24, 2.45) is 24.3 Å². The second kappa shape index (κ2) is 6.98. The van der Waals surface area contributed by atoms with Crippen LogP contribution >= 0.6 is 0 Å². The Morgan fingerprint density at radius 2 is 2.00 bits per heavy atom. The van der Waals surface area contributed by atoms with Crippen molar-refractivity contribution in [1.82, 2.24) is 0 Å². The maximum atomic E-state index is 13.0. The van der Waals surface area contributed by atoms with Crippen LogP contribution in [0.1, 0.15) is 66.4 Å². The number of benzene rings is 1. The van der Waals surface area contributed by atoms with Crippen LogP contribution < -0.4 is 4.57 Å². The number of aromatic nitrogens is 1. The van der Waals surface area contributed by atoms with Gasteiger partial charge in [0.25, 0.3) is 0 Å². The number of rotatable bonds is 2. The van der Waals surface area contributed by atoms with Crippen LogP contribution in [-0.4, -0.2) is 11.6 Å². The zero-order chi connectivity index (χ0) is 20.9. The minimum Gasteiger partial charge on any atom is -0.441 e. The van der Waals surface area contributed by atoms with Crippen molar-refractivity contribution in [1.29, 1.82) is 0 Å². The molecule has 0 N–H and O–H groups in total. The molecule has 2 aromatic rings. The summed E-state index contributed by atoms with van der Waals surface area (Å²) in [5.74, 6) is 4.44. The standard InChI is InChI=1S/C27H30NO2/c1-4-27(30-25(29)20-9-7-17-28(3)18-20)16-14-24-23-12-11-19-8-5-6-10-21(19)22(23)13-15-26(24,27)2/h1,5-10,17-18,22-24H,11-16H2,2-3H3/q+1/t22-,23-,24+,26+,27-/m1/s1. The average molecular weight is 401 g/mol. The van der Waals surface area contributed by atoms with Gasteiger partial charge >= 0.3 is 5.97 Å². The zero-order valence-electron chi connectivity index (χ0n) is 17.9. The van der Waals surface area contributed by atoms with E-state index in [0.717, 1.165) is 32.1 Å². The number of pyridine rings is 1. The number of aryl methyl sites for hydroxylation is 2. The second-order valence-corrected chi connectivity index (χ2v) is 9.73. The number of carbonyl (C=O) groups excluding carboxylic acids is 1. The first-order valence-electron chi connectivity index (χ1n) is 11.2. The summed E-state index contributed by atoms with van der Waals surface area (Å²) in [7, 11) is 1.91. The van der Waals surface area contributed by atoms with Crippen LogP contribution in [0.4, 0.5) is 0 Å². The van der Waals surface area contributed by atoms with Crippen molar-refractivity contribution >= 4 is 5.97 Å². The van der Waals surface area contributed by atoms with Crippen LogP contribution in [0.2, 0.25) is 0 Å². The Labute approximate surface area is 179 Å². The van der Waals surface area contributed by atoms with Crippen molar-refractivity contribution < 1.29 is 14.1 Å². The highest BCUT2D eigenvalue weighted by molar-refractivity contribution is 5.89. The van der Waals surface area contributed by atoms with E-state index in [0.29, 0.717) is 23.3 Å². The fourth-order valence-electron chi connectivity index (χ4n) is 6.88. The summed E-state index contributed by atoms with van der Waals surface area (Å²) < 4.78 is 8.09. The topological polar surface area (TPSA) is 30.2 Å². The van der Waals surface area contributed by atoms with Gasteiger partial charge in [0.1, 0.15) is 12.6 Å². The van der Waals surface area contributed by atoms with E-state index >= 15 is 0 Å². The molecule has 0 spiro atoms. The minimum absolute atomic E-state index is 0.165. The lowest BCUT2D eigenvalue weighted by Gasteiger charge is -2.52. The maximum absolute atomic E-state index is 13.0. The molecule has 0 aliphatic heterocycles. The summed E-state index contributed by atoms with van der Waals surface area (Å²) in [5, 5.41) is 0. The molecular weight excluding hydrogens is 370 g/mol. The Bertz CT molecular complexity index is 1040. The monoisotopic (exact) mass is 400 g/mol. The smallest absolute Gasteiger partial charge is 0.345 e. The summed E-state index contributed by atoms with van der Waals surface area (Å²) in [6, 6.07) is 12.6. The van der Waals surface area contributed by atoms with Crippen LogP contribution in [0, 0.1) is 29.6 Å². The van der Waals surface area contributed by atoms with Gasteiger partial charge in [0.05, 0.1) is 0 Å². The van der Waals surface area contributed by atoms with E-state index in [4.69, 9.17) is 11.2 Å². The van der Waals surface area contributed by atoms with E-state index in [9.17, 15) is 4.79 Å². The van der Waals surface area contributed by atoms with Crippen molar-refractivity contribution in [3.63, 3.8) is 0 Å². The van der Waals surface area contributed by atoms with Crippen LogP contribution in [-0.2, 0) is 18.2 Å². The lowest BCUT2D eigenvalue weighted by Crippen LogP contribution is -2.52. The quantitative estimate of drug-likeness (QED) is 0.419. The first-order chi connectivity index (χ1) is 14.5. The highest BCUT2D eigenvalue weighted by Crippen LogP contribution is 2.65. The number of terminal acetylenes is 1. The predicted octanol–water partition coefficient (Wildman–Crippen LogP) is 4.60. The molecule has 5 rings (SSSR count). The van der Waals surface area contributed by atoms with Crippen LogP contribution in [0.15, 0.2) is 48.8 Å². The molecule has 0 radical (unpaired) electrons. The number of carbonyl (C=O) groups is 1. The SMILES string of the molecule is C#C[C@@]1(OC(=O)c2ccc[n+](C)c2)CC[C@H]2[C@@H]3CCc4ccccc4[C@H]3CC[C@@]21C. The van der Waals surface area contributed by atoms with E-state index in [1.54, 1.807) is 17.8 Å². The van der Waals surface area contributed by atoms with Gasteiger partial charge in [0.2, 0.25) is 0 Å². The molecule has 3 aliphatic rings. The van der Waals surface area contributed by atoms with Gasteiger partial charge < -0.3 is 4.74 Å². The Morgan fingerprint density at radius 1 is 1.17 bits per heavy atom. The third kappa shape index (κ3) is 2.73. The van der Waals surface area contributed by atoms with Gasteiger partial charge in [0, 0.05) is 11.5 Å². The van der Waals surface area contributed by atoms with E-state index in [-0.39, 0.29) is 11.4 Å². The molecule has 3 heteroatoms. The van der Waals surface area contributed by atoms with Crippen LogP contribution in [0.25, 0.3) is 0 Å². The molecule has 3 nitrogen and oxygen atoms in total. The molecule has 0 amide bonds. The summed E-state index contributed by atoms with van der Waals surface area (Å²) in [6.45, 7) is 2.29. The molecule has 1 heterocycles. The summed E-state index contributed by atoms with van der Waals surface area (Å²) in [4.78, 5) is 13.0. The van der Waals surface area contributed by atoms with Gasteiger partial charge in [-0.05, 0) is 73.5 Å². The number of ether oxygens (including phenoxy) is 1. The predicted molar refractivity (Wildman–Crippen MR) is 116 cm³/mol. The van der Waals surface area contributed by atoms with Crippen LogP contribution in [0.3, 0.4) is 0 Å². The molecule has 1 aromatic heterocycles. The molecule has 2 saturated carbocycles. The Hall–Kier alpha value is -2.60. The molecule has 154 valence electrons. The number of hydrogen-bond donors (Lipinski definition) is 0. The molecule has 30 heavy (non-hydrogen) atoms. The number of nitrogens with zero attached hydrogens (tertiary/aromatic N) is 1. The third-order valence-electron chi connectivity index (χ3n) is 8.43. The van der Waals surface area contributed by atoms with Gasteiger partial charge in [-0.15, -0.1) is 6.42 Å². The van der Waals surface area contributed by atoms with Gasteiger partial charge in [-0.3, -0.25) is 0 Å². The van der Waals surface area contributed by atoms with E-state index in [1.807, 2.05) is 23.9 Å². The second-order valence-electron chi connectivity index (χ2n) is 9.73. The largest absolute Gasteiger partial charge is 0.441 e. The first kappa shape index (κ1) is 19.4. The Balaban J connectivity index is 1.45. The van der Waals surface area contributed by atoms with Crippen LogP contribution in [0.5, 0.6) is 0 Å². The highest BCUT2D eigenvalue weighted by atomic mass is 16.6. The molecule has 2 fully saturated rings. The Kier molecular flexibility index (Phi) is 4.51. The minimum atomic E-state index is -0.814. The summed E-state index contributed by atoms with van der Waals surface area (Å²) in [6.07, 6.45) is 16.1. The zero-order valence-corrected chi connectivity index (χ0v) is 17.9. The highest BCUT2D eigenvalue weighted by Gasteiger charge is 2.63. The fraction of sp³-hybridized carbons (Fsp3) is 0.481. The lowest BCUT2D eigenvalue weighted by atomic mass is 9.53. The molecule has 0 bridgehead atoms. The number of esters is 1. The molecular formula is C27H30NO2+. The van der Waals surface area contributed by atoms with Crippen molar-refractivity contribution in [3.8, 4) is 12.3 Å². The summed E-state index contributed by atoms with van der Waals surface area (Å²) in [5.41, 5.74) is 2.64. The molecule has 0 saturated heterocycles. The van der Waals surface area contributed by atoms with Crippen molar-refractivity contribution in [2.75, 3.05) is 0 Å². The normalized spacial score (nSPS) is 34.2. The first-order valence-corrected chi connectivity index (χ1v) is 11.2. The van der Waals surface area contributed by atoms with Crippen molar-refractivity contribution in [3.05, 3.63) is 65.5 Å². The van der Waals surface area contributed by atoms with E-state index in [1.165, 1.54) is 12.0 Å².